The predicted molar refractivity (Wildman–Crippen MR) is 57.2 cm³/mol. The van der Waals surface area contributed by atoms with Gasteiger partial charge in [0.25, 0.3) is 0 Å². The molecule has 1 amide bonds. The van der Waals surface area contributed by atoms with Gasteiger partial charge in [0.15, 0.2) is 0 Å². The molecule has 0 saturated carbocycles. The molecule has 2 N–H and O–H groups in total. The maximum Gasteiger partial charge on any atom is 0.241 e. The molecule has 3 nitrogen and oxygen atoms in total. The molecule has 0 saturated heterocycles. The van der Waals surface area contributed by atoms with Gasteiger partial charge >= 0.3 is 0 Å². The van der Waals surface area contributed by atoms with Gasteiger partial charge in [0.1, 0.15) is 5.75 Å². The summed E-state index contributed by atoms with van der Waals surface area (Å²) in [5.41, 5.74) is 4.95. The lowest BCUT2D eigenvalue weighted by atomic mass is 10.3. The molecule has 1 rings (SSSR count). The minimum absolute atomic E-state index is 0.444. The van der Waals surface area contributed by atoms with Gasteiger partial charge < -0.3 is 10.5 Å². The highest BCUT2D eigenvalue weighted by Gasteiger charge is 1.93. The number of nitrogens with two attached hydrogens (primary N) is 1. The minimum Gasteiger partial charge on any atom is -0.497 e. The van der Waals surface area contributed by atoms with Gasteiger partial charge in [-0.1, -0.05) is 17.8 Å². The van der Waals surface area contributed by atoms with Crippen LogP contribution in [0.2, 0.25) is 0 Å². The molecule has 4 heteroatoms. The molecule has 0 aliphatic rings. The Morgan fingerprint density at radius 2 is 2.36 bits per heavy atom. The molecule has 0 aliphatic heterocycles. The van der Waals surface area contributed by atoms with Crippen LogP contribution in [0, 0.1) is 0 Å². The third-order valence-electron chi connectivity index (χ3n) is 1.48. The summed E-state index contributed by atoms with van der Waals surface area (Å²) in [6, 6.07) is 7.57. The fourth-order valence-electron chi connectivity index (χ4n) is 0.854. The number of hydrogen-bond acceptors (Lipinski definition) is 3. The Morgan fingerprint density at radius 3 is 3.00 bits per heavy atom. The number of amides is 1. The van der Waals surface area contributed by atoms with E-state index in [0.717, 1.165) is 10.6 Å². The van der Waals surface area contributed by atoms with Crippen molar-refractivity contribution in [3.05, 3.63) is 35.7 Å². The number of rotatable bonds is 4. The monoisotopic (exact) mass is 209 g/mol. The Labute approximate surface area is 86.9 Å². The average Bonchev–Trinajstić information content (AvgIpc) is 2.18. The molecular weight excluding hydrogens is 198 g/mol. The Kier molecular flexibility index (Phi) is 4.07. The maximum atomic E-state index is 10.4. The van der Waals surface area contributed by atoms with Crippen LogP contribution in [0.25, 0.3) is 0 Å². The quantitative estimate of drug-likeness (QED) is 0.607. The van der Waals surface area contributed by atoms with Crippen LogP contribution in [0.3, 0.4) is 0 Å². The van der Waals surface area contributed by atoms with Crippen molar-refractivity contribution >= 4 is 17.7 Å². The third kappa shape index (κ3) is 3.53. The van der Waals surface area contributed by atoms with Crippen molar-refractivity contribution in [1.29, 1.82) is 0 Å². The van der Waals surface area contributed by atoms with Crippen molar-refractivity contribution in [2.24, 2.45) is 5.73 Å². The lowest BCUT2D eigenvalue weighted by Crippen LogP contribution is -2.04. The first-order valence-corrected chi connectivity index (χ1v) is 4.87. The molecule has 0 aliphatic carbocycles. The summed E-state index contributed by atoms with van der Waals surface area (Å²) in [5, 5.41) is 1.65. The fraction of sp³-hybridized carbons (Fsp3) is 0.100. The van der Waals surface area contributed by atoms with Crippen molar-refractivity contribution in [1.82, 2.24) is 0 Å². The van der Waals surface area contributed by atoms with Crippen molar-refractivity contribution in [2.45, 2.75) is 4.90 Å². The number of thioether (sulfide) groups is 1. The number of methoxy groups -OCH3 is 1. The van der Waals surface area contributed by atoms with Crippen LogP contribution in [-0.2, 0) is 4.79 Å². The van der Waals surface area contributed by atoms with Crippen molar-refractivity contribution < 1.29 is 9.53 Å². The van der Waals surface area contributed by atoms with Crippen LogP contribution in [0.15, 0.2) is 40.6 Å². The van der Waals surface area contributed by atoms with Gasteiger partial charge in [0, 0.05) is 11.0 Å². The molecule has 0 heterocycles. The molecule has 14 heavy (non-hydrogen) atoms. The Balaban J connectivity index is 2.63. The van der Waals surface area contributed by atoms with Crippen LogP contribution >= 0.6 is 11.8 Å². The van der Waals surface area contributed by atoms with Crippen molar-refractivity contribution in [3.8, 4) is 5.75 Å². The van der Waals surface area contributed by atoms with Gasteiger partial charge in [-0.15, -0.1) is 0 Å². The normalized spacial score (nSPS) is 10.4. The van der Waals surface area contributed by atoms with E-state index in [1.807, 2.05) is 24.3 Å². The van der Waals surface area contributed by atoms with E-state index in [-0.39, 0.29) is 0 Å². The van der Waals surface area contributed by atoms with E-state index in [1.54, 1.807) is 12.5 Å². The summed E-state index contributed by atoms with van der Waals surface area (Å²) >= 11 is 1.42. The molecule has 0 radical (unpaired) electrons. The first kappa shape index (κ1) is 10.7. The lowest BCUT2D eigenvalue weighted by Gasteiger charge is -2.00. The molecule has 74 valence electrons. The molecule has 0 bridgehead atoms. The van der Waals surface area contributed by atoms with Crippen LogP contribution in [-0.4, -0.2) is 13.0 Å². The van der Waals surface area contributed by atoms with E-state index >= 15 is 0 Å². The molecule has 0 spiro atoms. The first-order valence-electron chi connectivity index (χ1n) is 3.99. The van der Waals surface area contributed by atoms with Crippen molar-refractivity contribution in [2.75, 3.05) is 7.11 Å². The number of hydrogen-bond donors (Lipinski definition) is 1. The van der Waals surface area contributed by atoms with E-state index in [0.29, 0.717) is 0 Å². The second kappa shape index (κ2) is 5.34. The minimum atomic E-state index is -0.444. The summed E-state index contributed by atoms with van der Waals surface area (Å²) in [6.07, 6.45) is 1.32. The number of carbonyl (C=O) groups excluding carboxylic acids is 1. The van der Waals surface area contributed by atoms with Gasteiger partial charge in [-0.2, -0.15) is 0 Å². The van der Waals surface area contributed by atoms with Crippen molar-refractivity contribution in [3.63, 3.8) is 0 Å². The standard InChI is InChI=1S/C10H11NO2S/c1-13-8-3-2-4-9(7-8)14-6-5-10(11)12/h2-7H,1H3,(H2,11,12)/b6-5-. The molecule has 1 aromatic carbocycles. The molecule has 1 aromatic rings. The molecule has 0 aromatic heterocycles. The molecular formula is C10H11NO2S. The van der Waals surface area contributed by atoms with E-state index in [4.69, 9.17) is 10.5 Å². The maximum absolute atomic E-state index is 10.4. The third-order valence-corrected chi connectivity index (χ3v) is 2.28. The smallest absolute Gasteiger partial charge is 0.241 e. The van der Waals surface area contributed by atoms with Crippen LogP contribution in [0.5, 0.6) is 5.75 Å². The SMILES string of the molecule is COc1cccc(S/C=C\C(N)=O)c1. The summed E-state index contributed by atoms with van der Waals surface area (Å²) in [4.78, 5) is 11.4. The van der Waals surface area contributed by atoms with E-state index in [1.165, 1.54) is 17.8 Å². The van der Waals surface area contributed by atoms with Gasteiger partial charge in [-0.05, 0) is 23.6 Å². The number of primary amides is 1. The first-order chi connectivity index (χ1) is 6.72. The zero-order chi connectivity index (χ0) is 10.4. The Bertz CT molecular complexity index is 350. The zero-order valence-corrected chi connectivity index (χ0v) is 8.58. The lowest BCUT2D eigenvalue weighted by molar-refractivity contribution is -0.113. The summed E-state index contributed by atoms with van der Waals surface area (Å²) in [5.74, 6) is 0.350. The Morgan fingerprint density at radius 1 is 1.57 bits per heavy atom. The summed E-state index contributed by atoms with van der Waals surface area (Å²) in [6.45, 7) is 0. The molecule has 0 fully saturated rings. The number of carbonyl (C=O) groups is 1. The molecule has 0 atom stereocenters. The predicted octanol–water partition coefficient (Wildman–Crippen LogP) is 1.79. The Hall–Kier alpha value is -1.42. The van der Waals surface area contributed by atoms with Gasteiger partial charge in [-0.3, -0.25) is 4.79 Å². The largest absolute Gasteiger partial charge is 0.497 e. The highest BCUT2D eigenvalue weighted by molar-refractivity contribution is 8.02. The molecule has 0 unspecified atom stereocenters. The van der Waals surface area contributed by atoms with Crippen LogP contribution in [0.1, 0.15) is 0 Å². The summed E-state index contributed by atoms with van der Waals surface area (Å²) < 4.78 is 5.05. The fourth-order valence-corrected chi connectivity index (χ4v) is 1.55. The van der Waals surface area contributed by atoms with E-state index < -0.39 is 5.91 Å². The zero-order valence-electron chi connectivity index (χ0n) is 7.77. The van der Waals surface area contributed by atoms with Gasteiger partial charge in [-0.25, -0.2) is 0 Å². The van der Waals surface area contributed by atoms with Crippen LogP contribution in [0.4, 0.5) is 0 Å². The van der Waals surface area contributed by atoms with Gasteiger partial charge in [0.05, 0.1) is 7.11 Å². The van der Waals surface area contributed by atoms with E-state index in [2.05, 4.69) is 0 Å². The second-order valence-corrected chi connectivity index (χ2v) is 3.48. The number of benzene rings is 1. The second-order valence-electron chi connectivity index (χ2n) is 2.50. The highest BCUT2D eigenvalue weighted by atomic mass is 32.2. The van der Waals surface area contributed by atoms with Crippen LogP contribution < -0.4 is 10.5 Å². The highest BCUT2D eigenvalue weighted by Crippen LogP contribution is 2.23. The number of ether oxygens (including phenoxy) is 1. The van der Waals surface area contributed by atoms with E-state index in [9.17, 15) is 4.79 Å². The van der Waals surface area contributed by atoms with Gasteiger partial charge in [0.2, 0.25) is 5.91 Å². The topological polar surface area (TPSA) is 52.3 Å². The average molecular weight is 209 g/mol. The summed E-state index contributed by atoms with van der Waals surface area (Å²) in [7, 11) is 1.61.